The van der Waals surface area contributed by atoms with Crippen molar-refractivity contribution < 1.29 is 14.6 Å². The number of ether oxygens (including phenoxy) is 1. The lowest BCUT2D eigenvalue weighted by Crippen LogP contribution is -2.45. The molecule has 2 aromatic carbocycles. The monoisotopic (exact) mass is 411 g/mol. The summed E-state index contributed by atoms with van der Waals surface area (Å²) >= 11 is 0. The molecule has 0 fully saturated rings. The van der Waals surface area contributed by atoms with E-state index in [0.717, 1.165) is 6.42 Å². The van der Waals surface area contributed by atoms with E-state index in [1.165, 1.54) is 11.1 Å². The highest BCUT2D eigenvalue weighted by Gasteiger charge is 2.30. The van der Waals surface area contributed by atoms with Gasteiger partial charge in [0.2, 0.25) is 0 Å². The summed E-state index contributed by atoms with van der Waals surface area (Å²) in [6.07, 6.45) is -0.00655. The maximum absolute atomic E-state index is 12.4. The van der Waals surface area contributed by atoms with Crippen LogP contribution in [0.3, 0.4) is 0 Å². The molecule has 164 valence electrons. The molecule has 0 aromatic heterocycles. The van der Waals surface area contributed by atoms with E-state index in [-0.39, 0.29) is 18.4 Å². The van der Waals surface area contributed by atoms with Crippen LogP contribution in [-0.4, -0.2) is 33.7 Å². The third-order valence-electron chi connectivity index (χ3n) is 4.88. The third-order valence-corrected chi connectivity index (χ3v) is 4.88. The fourth-order valence-corrected chi connectivity index (χ4v) is 3.65. The minimum atomic E-state index is -0.797. The highest BCUT2D eigenvalue weighted by Crippen LogP contribution is 2.23. The quantitative estimate of drug-likeness (QED) is 0.546. The van der Waals surface area contributed by atoms with Crippen molar-refractivity contribution in [3.05, 3.63) is 71.8 Å². The van der Waals surface area contributed by atoms with Gasteiger partial charge in [-0.25, -0.2) is 0 Å². The first-order valence-corrected chi connectivity index (χ1v) is 10.9. The number of esters is 1. The van der Waals surface area contributed by atoms with Crippen LogP contribution in [0.5, 0.6) is 0 Å². The molecule has 0 aliphatic heterocycles. The lowest BCUT2D eigenvalue weighted by atomic mass is 9.94. The Morgan fingerprint density at radius 1 is 0.933 bits per heavy atom. The summed E-state index contributed by atoms with van der Waals surface area (Å²) < 4.78 is 5.46. The molecule has 2 rings (SSSR count). The van der Waals surface area contributed by atoms with Crippen LogP contribution < -0.4 is 0 Å². The van der Waals surface area contributed by atoms with E-state index in [4.69, 9.17) is 4.74 Å². The van der Waals surface area contributed by atoms with Gasteiger partial charge in [-0.2, -0.15) is 0 Å². The number of aliphatic hydroxyl groups excluding tert-OH is 1. The fraction of sp³-hybridized carbons (Fsp3) is 0.500. The van der Waals surface area contributed by atoms with Gasteiger partial charge in [0.25, 0.3) is 0 Å². The molecule has 4 heteroatoms. The van der Waals surface area contributed by atoms with Gasteiger partial charge in [0, 0.05) is 19.1 Å². The summed E-state index contributed by atoms with van der Waals surface area (Å²) in [4.78, 5) is 14.7. The molecule has 30 heavy (non-hydrogen) atoms. The number of rotatable bonds is 10. The smallest absolute Gasteiger partial charge is 0.308 e. The molecule has 0 amide bonds. The average molecular weight is 412 g/mol. The van der Waals surface area contributed by atoms with Gasteiger partial charge >= 0.3 is 5.97 Å². The van der Waals surface area contributed by atoms with Crippen LogP contribution in [0, 0.1) is 5.92 Å². The molecule has 0 aliphatic carbocycles. The van der Waals surface area contributed by atoms with Gasteiger partial charge < -0.3 is 9.84 Å². The van der Waals surface area contributed by atoms with E-state index in [0.29, 0.717) is 19.0 Å². The number of aliphatic hydroxyl groups is 1. The molecule has 1 N–H and O–H groups in total. The second kappa shape index (κ2) is 11.3. The molecule has 2 aromatic rings. The highest BCUT2D eigenvalue weighted by atomic mass is 16.6. The van der Waals surface area contributed by atoms with E-state index in [1.807, 2.05) is 57.2 Å². The predicted molar refractivity (Wildman–Crippen MR) is 122 cm³/mol. The summed E-state index contributed by atoms with van der Waals surface area (Å²) in [6, 6.07) is 20.4. The van der Waals surface area contributed by atoms with Crippen LogP contribution in [0.15, 0.2) is 60.7 Å². The summed E-state index contributed by atoms with van der Waals surface area (Å²) in [6.45, 7) is 11.3. The molecule has 0 heterocycles. The van der Waals surface area contributed by atoms with E-state index in [2.05, 4.69) is 43.0 Å². The standard InChI is InChI=1S/C26H37NO3/c1-20(2)16-23(24(28)17-25(29)30-26(3,4)5)27(18-21-12-8-6-9-13-21)19-22-14-10-7-11-15-22/h6-15,20,23-24,28H,16-19H2,1-5H3/t23-,24-/m1/s1. The maximum Gasteiger partial charge on any atom is 0.308 e. The van der Waals surface area contributed by atoms with Crippen LogP contribution in [0.4, 0.5) is 0 Å². The van der Waals surface area contributed by atoms with E-state index < -0.39 is 11.7 Å². The zero-order valence-corrected chi connectivity index (χ0v) is 19.0. The minimum Gasteiger partial charge on any atom is -0.460 e. The second-order valence-electron chi connectivity index (χ2n) is 9.43. The molecular weight excluding hydrogens is 374 g/mol. The van der Waals surface area contributed by atoms with Gasteiger partial charge in [-0.15, -0.1) is 0 Å². The average Bonchev–Trinajstić information content (AvgIpc) is 2.65. The first kappa shape index (κ1) is 24.1. The van der Waals surface area contributed by atoms with Crippen LogP contribution >= 0.6 is 0 Å². The number of carbonyl (C=O) groups is 1. The van der Waals surface area contributed by atoms with Gasteiger partial charge in [0.1, 0.15) is 5.60 Å². The minimum absolute atomic E-state index is 0.00522. The van der Waals surface area contributed by atoms with Crippen molar-refractivity contribution in [2.24, 2.45) is 5.92 Å². The van der Waals surface area contributed by atoms with Gasteiger partial charge in [-0.3, -0.25) is 9.69 Å². The Kier molecular flexibility index (Phi) is 9.07. The molecule has 4 nitrogen and oxygen atoms in total. The predicted octanol–water partition coefficient (Wildman–Crippen LogP) is 5.20. The molecule has 0 saturated carbocycles. The number of hydrogen-bond donors (Lipinski definition) is 1. The van der Waals surface area contributed by atoms with Crippen molar-refractivity contribution in [1.29, 1.82) is 0 Å². The van der Waals surface area contributed by atoms with Gasteiger partial charge in [0.05, 0.1) is 12.5 Å². The van der Waals surface area contributed by atoms with Crippen molar-refractivity contribution in [3.8, 4) is 0 Å². The Hall–Kier alpha value is -2.17. The topological polar surface area (TPSA) is 49.8 Å². The fourth-order valence-electron chi connectivity index (χ4n) is 3.65. The molecular formula is C26H37NO3. The summed E-state index contributed by atoms with van der Waals surface area (Å²) in [7, 11) is 0. The Labute approximate surface area is 181 Å². The number of carbonyl (C=O) groups excluding carboxylic acids is 1. The van der Waals surface area contributed by atoms with Crippen LogP contribution in [0.25, 0.3) is 0 Å². The zero-order valence-electron chi connectivity index (χ0n) is 19.0. The number of benzene rings is 2. The zero-order chi connectivity index (χ0) is 22.1. The van der Waals surface area contributed by atoms with Crippen molar-refractivity contribution >= 4 is 5.97 Å². The lowest BCUT2D eigenvalue weighted by Gasteiger charge is -2.36. The second-order valence-corrected chi connectivity index (χ2v) is 9.43. The van der Waals surface area contributed by atoms with Crippen LogP contribution in [-0.2, 0) is 22.6 Å². The van der Waals surface area contributed by atoms with Gasteiger partial charge in [-0.05, 0) is 44.2 Å². The normalized spacial score (nSPS) is 14.0. The van der Waals surface area contributed by atoms with Crippen molar-refractivity contribution in [1.82, 2.24) is 4.90 Å². The largest absolute Gasteiger partial charge is 0.460 e. The first-order chi connectivity index (χ1) is 14.1. The van der Waals surface area contributed by atoms with E-state index >= 15 is 0 Å². The Balaban J connectivity index is 2.25. The molecule has 0 radical (unpaired) electrons. The van der Waals surface area contributed by atoms with Crippen molar-refractivity contribution in [2.45, 2.75) is 78.3 Å². The summed E-state index contributed by atoms with van der Waals surface area (Å²) in [5, 5.41) is 11.1. The van der Waals surface area contributed by atoms with Crippen LogP contribution in [0.2, 0.25) is 0 Å². The van der Waals surface area contributed by atoms with E-state index in [9.17, 15) is 9.90 Å². The SMILES string of the molecule is CC(C)C[C@H]([C@H](O)CC(=O)OC(C)(C)C)N(Cc1ccccc1)Cc1ccccc1. The summed E-state index contributed by atoms with van der Waals surface area (Å²) in [5.41, 5.74) is 1.82. The van der Waals surface area contributed by atoms with E-state index in [1.54, 1.807) is 0 Å². The Morgan fingerprint density at radius 3 is 1.80 bits per heavy atom. The number of nitrogens with zero attached hydrogens (tertiary/aromatic N) is 1. The van der Waals surface area contributed by atoms with Gasteiger partial charge in [0.15, 0.2) is 0 Å². The molecule has 0 bridgehead atoms. The maximum atomic E-state index is 12.4. The highest BCUT2D eigenvalue weighted by molar-refractivity contribution is 5.70. The first-order valence-electron chi connectivity index (χ1n) is 10.9. The molecule has 0 spiro atoms. The van der Waals surface area contributed by atoms with Crippen molar-refractivity contribution in [3.63, 3.8) is 0 Å². The van der Waals surface area contributed by atoms with Crippen LogP contribution in [0.1, 0.15) is 58.6 Å². The molecule has 0 saturated heterocycles. The Bertz CT molecular complexity index is 711. The third kappa shape index (κ3) is 8.68. The summed E-state index contributed by atoms with van der Waals surface area (Å²) in [5.74, 6) is 0.0282. The Morgan fingerprint density at radius 2 is 1.40 bits per heavy atom. The molecule has 2 atom stereocenters. The van der Waals surface area contributed by atoms with Crippen molar-refractivity contribution in [2.75, 3.05) is 0 Å². The number of hydrogen-bond acceptors (Lipinski definition) is 4. The lowest BCUT2D eigenvalue weighted by molar-refractivity contribution is -0.158. The molecule has 0 aliphatic rings. The van der Waals surface area contributed by atoms with Gasteiger partial charge in [-0.1, -0.05) is 74.5 Å². The molecule has 0 unspecified atom stereocenters.